The third-order valence-electron chi connectivity index (χ3n) is 4.58. The predicted octanol–water partition coefficient (Wildman–Crippen LogP) is 2.43. The van der Waals surface area contributed by atoms with E-state index in [1.165, 1.54) is 0 Å². The van der Waals surface area contributed by atoms with Crippen LogP contribution in [0.3, 0.4) is 0 Å². The number of nitrogens with one attached hydrogen (secondary N) is 1. The van der Waals surface area contributed by atoms with Gasteiger partial charge in [0.05, 0.1) is 47.8 Å². The lowest BCUT2D eigenvalue weighted by Crippen LogP contribution is -2.36. The van der Waals surface area contributed by atoms with Gasteiger partial charge in [-0.05, 0) is 18.2 Å². The normalized spacial score (nSPS) is 15.1. The maximum Gasteiger partial charge on any atom is 0.226 e. The molecular formula is C18H19ClN4O4S. The lowest BCUT2D eigenvalue weighted by atomic mass is 10.3. The third kappa shape index (κ3) is 3.65. The summed E-state index contributed by atoms with van der Waals surface area (Å²) in [5.41, 5.74) is 2.18. The number of aromatic nitrogens is 3. The van der Waals surface area contributed by atoms with Crippen LogP contribution in [0.1, 0.15) is 5.69 Å². The van der Waals surface area contributed by atoms with Crippen molar-refractivity contribution in [2.24, 2.45) is 0 Å². The second kappa shape index (κ2) is 7.57. The van der Waals surface area contributed by atoms with Crippen molar-refractivity contribution in [3.05, 3.63) is 41.2 Å². The molecule has 1 saturated heterocycles. The smallest absolute Gasteiger partial charge is 0.226 e. The molecule has 1 N–H and O–H groups in total. The standard InChI is InChI=1S/C18H19ClN4O4S/c1-26-12-2-3-13-14(10-12)22-18(21-13)28(24,25)11-15-17(19)16(4-5-20-15)23-6-8-27-9-7-23/h2-5,10H,6-9,11H2,1H3,(H,21,22). The summed E-state index contributed by atoms with van der Waals surface area (Å²) in [5.74, 6) is 0.268. The maximum absolute atomic E-state index is 12.9. The molecule has 0 unspecified atom stereocenters. The summed E-state index contributed by atoms with van der Waals surface area (Å²) in [4.78, 5) is 13.3. The number of morpholine rings is 1. The van der Waals surface area contributed by atoms with Crippen molar-refractivity contribution in [1.82, 2.24) is 15.0 Å². The van der Waals surface area contributed by atoms with Crippen molar-refractivity contribution in [1.29, 1.82) is 0 Å². The molecule has 0 bridgehead atoms. The fourth-order valence-electron chi connectivity index (χ4n) is 3.11. The second-order valence-electron chi connectivity index (χ2n) is 6.37. The fraction of sp³-hybridized carbons (Fsp3) is 0.333. The molecule has 8 nitrogen and oxygen atoms in total. The molecule has 0 saturated carbocycles. The Balaban J connectivity index is 1.64. The first-order chi connectivity index (χ1) is 13.5. The summed E-state index contributed by atoms with van der Waals surface area (Å²) in [6.45, 7) is 2.60. The van der Waals surface area contributed by atoms with Gasteiger partial charge in [-0.15, -0.1) is 0 Å². The molecule has 1 aromatic carbocycles. The summed E-state index contributed by atoms with van der Waals surface area (Å²) in [7, 11) is -2.22. The van der Waals surface area contributed by atoms with Gasteiger partial charge in [0.1, 0.15) is 11.5 Å². The van der Waals surface area contributed by atoms with Gasteiger partial charge in [0.15, 0.2) is 0 Å². The number of rotatable bonds is 5. The average Bonchev–Trinajstić information content (AvgIpc) is 3.14. The fourth-order valence-corrected chi connectivity index (χ4v) is 4.71. The molecule has 10 heteroatoms. The van der Waals surface area contributed by atoms with Crippen molar-refractivity contribution in [3.8, 4) is 5.75 Å². The molecule has 0 aliphatic carbocycles. The lowest BCUT2D eigenvalue weighted by molar-refractivity contribution is 0.122. The summed E-state index contributed by atoms with van der Waals surface area (Å²) < 4.78 is 36.3. The maximum atomic E-state index is 12.9. The van der Waals surface area contributed by atoms with Crippen molar-refractivity contribution < 1.29 is 17.9 Å². The van der Waals surface area contributed by atoms with Gasteiger partial charge in [-0.1, -0.05) is 11.6 Å². The molecule has 3 heterocycles. The Labute approximate surface area is 167 Å². The molecule has 0 radical (unpaired) electrons. The topological polar surface area (TPSA) is 97.4 Å². The number of halogens is 1. The van der Waals surface area contributed by atoms with Crippen LogP contribution in [0.5, 0.6) is 5.75 Å². The van der Waals surface area contributed by atoms with E-state index < -0.39 is 9.84 Å². The molecule has 0 amide bonds. The Morgan fingerprint density at radius 1 is 1.29 bits per heavy atom. The number of ether oxygens (including phenoxy) is 2. The van der Waals surface area contributed by atoms with Gasteiger partial charge >= 0.3 is 0 Å². The van der Waals surface area contributed by atoms with Crippen molar-refractivity contribution in [3.63, 3.8) is 0 Å². The Kier molecular flexibility index (Phi) is 5.13. The number of hydrogen-bond donors (Lipinski definition) is 1. The first-order valence-corrected chi connectivity index (χ1v) is 10.7. The zero-order valence-corrected chi connectivity index (χ0v) is 16.8. The summed E-state index contributed by atoms with van der Waals surface area (Å²) in [6, 6.07) is 6.92. The molecular weight excluding hydrogens is 404 g/mol. The molecule has 0 atom stereocenters. The minimum absolute atomic E-state index is 0.120. The molecule has 1 aliphatic heterocycles. The SMILES string of the molecule is COc1ccc2nc(S(=O)(=O)Cc3nccc(N4CCOCC4)c3Cl)[nH]c2c1. The van der Waals surface area contributed by atoms with Crippen LogP contribution in [0.4, 0.5) is 5.69 Å². The van der Waals surface area contributed by atoms with Gasteiger partial charge in [0, 0.05) is 25.4 Å². The van der Waals surface area contributed by atoms with Crippen LogP contribution in [0.25, 0.3) is 11.0 Å². The highest BCUT2D eigenvalue weighted by Crippen LogP contribution is 2.30. The largest absolute Gasteiger partial charge is 0.497 e. The Morgan fingerprint density at radius 2 is 2.07 bits per heavy atom. The number of imidazole rings is 1. The summed E-state index contributed by atoms with van der Waals surface area (Å²) in [5, 5.41) is 0.219. The van der Waals surface area contributed by atoms with Gasteiger partial charge in [-0.25, -0.2) is 13.4 Å². The minimum atomic E-state index is -3.76. The predicted molar refractivity (Wildman–Crippen MR) is 106 cm³/mol. The van der Waals surface area contributed by atoms with Crippen LogP contribution in [-0.2, 0) is 20.3 Å². The first-order valence-electron chi connectivity index (χ1n) is 8.70. The van der Waals surface area contributed by atoms with Crippen LogP contribution in [0.15, 0.2) is 35.6 Å². The number of sulfone groups is 1. The second-order valence-corrected chi connectivity index (χ2v) is 8.66. The van der Waals surface area contributed by atoms with E-state index in [0.29, 0.717) is 53.8 Å². The monoisotopic (exact) mass is 422 g/mol. The Hall–Kier alpha value is -2.36. The van der Waals surface area contributed by atoms with Gasteiger partial charge in [0.2, 0.25) is 15.0 Å². The van der Waals surface area contributed by atoms with Crippen molar-refractivity contribution in [2.75, 3.05) is 38.3 Å². The summed E-state index contributed by atoms with van der Waals surface area (Å²) in [6.07, 6.45) is 1.57. The van der Waals surface area contributed by atoms with E-state index >= 15 is 0 Å². The number of anilines is 1. The third-order valence-corrected chi connectivity index (χ3v) is 6.43. The lowest BCUT2D eigenvalue weighted by Gasteiger charge is -2.29. The zero-order valence-electron chi connectivity index (χ0n) is 15.2. The quantitative estimate of drug-likeness (QED) is 0.674. The van der Waals surface area contributed by atoms with Crippen LogP contribution >= 0.6 is 11.6 Å². The number of aromatic amines is 1. The van der Waals surface area contributed by atoms with Crippen LogP contribution in [0, 0.1) is 0 Å². The van der Waals surface area contributed by atoms with Gasteiger partial charge in [-0.3, -0.25) is 4.98 Å². The van der Waals surface area contributed by atoms with Crippen molar-refractivity contribution >= 4 is 38.2 Å². The van der Waals surface area contributed by atoms with E-state index in [1.807, 2.05) is 0 Å². The van der Waals surface area contributed by atoms with E-state index in [-0.39, 0.29) is 10.9 Å². The Morgan fingerprint density at radius 3 is 2.82 bits per heavy atom. The number of benzene rings is 1. The van der Waals surface area contributed by atoms with Gasteiger partial charge in [0.25, 0.3) is 0 Å². The Bertz CT molecular complexity index is 1110. The highest BCUT2D eigenvalue weighted by atomic mass is 35.5. The van der Waals surface area contributed by atoms with Gasteiger partial charge in [-0.2, -0.15) is 0 Å². The molecule has 1 aliphatic rings. The number of H-pyrrole nitrogens is 1. The number of hydrogen-bond acceptors (Lipinski definition) is 7. The first kappa shape index (κ1) is 19.0. The van der Waals surface area contributed by atoms with E-state index in [4.69, 9.17) is 21.1 Å². The van der Waals surface area contributed by atoms with Crippen LogP contribution in [-0.4, -0.2) is 56.8 Å². The average molecular weight is 423 g/mol. The molecule has 2 aromatic heterocycles. The minimum Gasteiger partial charge on any atom is -0.497 e. The molecule has 28 heavy (non-hydrogen) atoms. The number of pyridine rings is 1. The highest BCUT2D eigenvalue weighted by Gasteiger charge is 2.24. The van der Waals surface area contributed by atoms with E-state index in [9.17, 15) is 8.42 Å². The van der Waals surface area contributed by atoms with Crippen molar-refractivity contribution in [2.45, 2.75) is 10.9 Å². The van der Waals surface area contributed by atoms with E-state index in [0.717, 1.165) is 5.69 Å². The summed E-state index contributed by atoms with van der Waals surface area (Å²) >= 11 is 6.50. The van der Waals surface area contributed by atoms with Crippen LogP contribution < -0.4 is 9.64 Å². The highest BCUT2D eigenvalue weighted by molar-refractivity contribution is 7.90. The number of nitrogens with zero attached hydrogens (tertiary/aromatic N) is 3. The van der Waals surface area contributed by atoms with Crippen LogP contribution in [0.2, 0.25) is 5.02 Å². The molecule has 4 rings (SSSR count). The molecule has 1 fully saturated rings. The molecule has 3 aromatic rings. The molecule has 148 valence electrons. The zero-order chi connectivity index (χ0) is 19.7. The number of methoxy groups -OCH3 is 1. The van der Waals surface area contributed by atoms with E-state index in [2.05, 4.69) is 19.9 Å². The van der Waals surface area contributed by atoms with E-state index in [1.54, 1.807) is 37.6 Å². The number of fused-ring (bicyclic) bond motifs is 1. The van der Waals surface area contributed by atoms with Gasteiger partial charge < -0.3 is 19.4 Å². The molecule has 0 spiro atoms.